The smallest absolute Gasteiger partial charge is 0.238 e. The van der Waals surface area contributed by atoms with Crippen molar-refractivity contribution in [3.8, 4) is 0 Å². The van der Waals surface area contributed by atoms with Crippen LogP contribution in [0, 0.1) is 0 Å². The Hall–Kier alpha value is -1.01. The van der Waals surface area contributed by atoms with Gasteiger partial charge in [-0.1, -0.05) is 0 Å². The van der Waals surface area contributed by atoms with Crippen LogP contribution in [0.4, 0.5) is 0 Å². The van der Waals surface area contributed by atoms with Crippen molar-refractivity contribution in [1.29, 1.82) is 0 Å². The standard InChI is InChI=1S/C9H14N4OS/c1-13-7(2-3-12-13)4-10-9(14)8-5-15-6-11-8/h2-3,8,11H,4-6H2,1H3,(H,10,14)/t8-/m1/s1. The highest BCUT2D eigenvalue weighted by Gasteiger charge is 2.21. The maximum atomic E-state index is 11.6. The van der Waals surface area contributed by atoms with Crippen molar-refractivity contribution in [2.75, 3.05) is 11.6 Å². The van der Waals surface area contributed by atoms with Gasteiger partial charge in [0.15, 0.2) is 0 Å². The number of nitrogens with zero attached hydrogens (tertiary/aromatic N) is 2. The summed E-state index contributed by atoms with van der Waals surface area (Å²) >= 11 is 1.75. The molecule has 0 saturated carbocycles. The molecule has 15 heavy (non-hydrogen) atoms. The average Bonchev–Trinajstić information content (AvgIpc) is 2.85. The van der Waals surface area contributed by atoms with Crippen LogP contribution in [0.15, 0.2) is 12.3 Å². The summed E-state index contributed by atoms with van der Waals surface area (Å²) in [5, 5.41) is 10.1. The second-order valence-corrected chi connectivity index (χ2v) is 4.47. The lowest BCUT2D eigenvalue weighted by molar-refractivity contribution is -0.122. The topological polar surface area (TPSA) is 59.0 Å². The number of rotatable bonds is 3. The van der Waals surface area contributed by atoms with Crippen LogP contribution in [0.2, 0.25) is 0 Å². The molecule has 6 heteroatoms. The molecule has 0 bridgehead atoms. The molecular formula is C9H14N4OS. The number of thioether (sulfide) groups is 1. The first-order valence-electron chi connectivity index (χ1n) is 4.83. The van der Waals surface area contributed by atoms with E-state index in [0.717, 1.165) is 17.3 Å². The molecule has 0 unspecified atom stereocenters. The Balaban J connectivity index is 1.83. The molecule has 5 nitrogen and oxygen atoms in total. The van der Waals surface area contributed by atoms with E-state index >= 15 is 0 Å². The van der Waals surface area contributed by atoms with Crippen LogP contribution in [0.25, 0.3) is 0 Å². The second kappa shape index (κ2) is 4.67. The summed E-state index contributed by atoms with van der Waals surface area (Å²) in [7, 11) is 1.87. The first-order chi connectivity index (χ1) is 7.27. The summed E-state index contributed by atoms with van der Waals surface area (Å²) in [6.07, 6.45) is 1.73. The van der Waals surface area contributed by atoms with E-state index in [9.17, 15) is 4.79 Å². The maximum Gasteiger partial charge on any atom is 0.238 e. The summed E-state index contributed by atoms with van der Waals surface area (Å²) < 4.78 is 1.76. The third-order valence-electron chi connectivity index (χ3n) is 2.40. The van der Waals surface area contributed by atoms with E-state index in [-0.39, 0.29) is 11.9 Å². The van der Waals surface area contributed by atoms with Gasteiger partial charge in [-0.2, -0.15) is 5.10 Å². The minimum atomic E-state index is -0.0387. The van der Waals surface area contributed by atoms with E-state index in [1.807, 2.05) is 13.1 Å². The average molecular weight is 226 g/mol. The molecule has 2 heterocycles. The molecule has 2 rings (SSSR count). The first kappa shape index (κ1) is 10.5. The molecule has 1 atom stereocenters. The Morgan fingerprint density at radius 1 is 1.87 bits per heavy atom. The summed E-state index contributed by atoms with van der Waals surface area (Å²) in [4.78, 5) is 11.6. The van der Waals surface area contributed by atoms with Gasteiger partial charge >= 0.3 is 0 Å². The molecule has 0 spiro atoms. The molecule has 1 aliphatic rings. The lowest BCUT2D eigenvalue weighted by atomic mass is 10.3. The summed E-state index contributed by atoms with van der Waals surface area (Å²) in [5.41, 5.74) is 1.01. The molecule has 1 amide bonds. The van der Waals surface area contributed by atoms with Crippen LogP contribution in [0.1, 0.15) is 5.69 Å². The van der Waals surface area contributed by atoms with Crippen molar-refractivity contribution in [3.05, 3.63) is 18.0 Å². The highest BCUT2D eigenvalue weighted by molar-refractivity contribution is 7.99. The predicted molar refractivity (Wildman–Crippen MR) is 59.3 cm³/mol. The van der Waals surface area contributed by atoms with Crippen LogP contribution in [-0.2, 0) is 18.4 Å². The largest absolute Gasteiger partial charge is 0.349 e. The van der Waals surface area contributed by atoms with Crippen molar-refractivity contribution >= 4 is 17.7 Å². The van der Waals surface area contributed by atoms with Gasteiger partial charge < -0.3 is 5.32 Å². The van der Waals surface area contributed by atoms with E-state index in [2.05, 4.69) is 15.7 Å². The highest BCUT2D eigenvalue weighted by atomic mass is 32.2. The van der Waals surface area contributed by atoms with Crippen molar-refractivity contribution in [3.63, 3.8) is 0 Å². The van der Waals surface area contributed by atoms with Gasteiger partial charge in [-0.15, -0.1) is 11.8 Å². The second-order valence-electron chi connectivity index (χ2n) is 3.44. The fourth-order valence-electron chi connectivity index (χ4n) is 1.44. The number of carbonyl (C=O) groups is 1. The molecule has 82 valence electrons. The van der Waals surface area contributed by atoms with E-state index < -0.39 is 0 Å². The minimum Gasteiger partial charge on any atom is -0.349 e. The van der Waals surface area contributed by atoms with Gasteiger partial charge in [-0.3, -0.25) is 14.8 Å². The third kappa shape index (κ3) is 2.51. The normalized spacial score (nSPS) is 20.5. The molecule has 0 aliphatic carbocycles. The zero-order valence-corrected chi connectivity index (χ0v) is 9.38. The number of nitrogens with one attached hydrogen (secondary N) is 2. The summed E-state index contributed by atoms with van der Waals surface area (Å²) in [6, 6.07) is 1.86. The maximum absolute atomic E-state index is 11.6. The molecule has 0 radical (unpaired) electrons. The number of hydrogen-bond acceptors (Lipinski definition) is 4. The molecule has 1 aromatic rings. The van der Waals surface area contributed by atoms with Gasteiger partial charge in [0.25, 0.3) is 0 Å². The Kier molecular flexibility index (Phi) is 3.27. The quantitative estimate of drug-likeness (QED) is 0.743. The van der Waals surface area contributed by atoms with E-state index in [4.69, 9.17) is 0 Å². The number of aromatic nitrogens is 2. The van der Waals surface area contributed by atoms with Gasteiger partial charge in [0.1, 0.15) is 0 Å². The van der Waals surface area contributed by atoms with Gasteiger partial charge in [0, 0.05) is 24.9 Å². The van der Waals surface area contributed by atoms with Crippen LogP contribution in [0.5, 0.6) is 0 Å². The number of amides is 1. The summed E-state index contributed by atoms with van der Waals surface area (Å²) in [5.74, 6) is 1.79. The van der Waals surface area contributed by atoms with E-state index in [1.165, 1.54) is 0 Å². The van der Waals surface area contributed by atoms with Crippen LogP contribution in [-0.4, -0.2) is 33.4 Å². The van der Waals surface area contributed by atoms with E-state index in [1.54, 1.807) is 22.6 Å². The summed E-state index contributed by atoms with van der Waals surface area (Å²) in [6.45, 7) is 0.540. The van der Waals surface area contributed by atoms with Gasteiger partial charge in [0.2, 0.25) is 5.91 Å². The molecule has 1 fully saturated rings. The number of carbonyl (C=O) groups excluding carboxylic acids is 1. The molecule has 0 aromatic carbocycles. The zero-order valence-electron chi connectivity index (χ0n) is 8.56. The lowest BCUT2D eigenvalue weighted by Gasteiger charge is -2.10. The lowest BCUT2D eigenvalue weighted by Crippen LogP contribution is -2.41. The number of aryl methyl sites for hydroxylation is 1. The monoisotopic (exact) mass is 226 g/mol. The van der Waals surface area contributed by atoms with Crippen LogP contribution in [0.3, 0.4) is 0 Å². The molecule has 1 saturated heterocycles. The predicted octanol–water partition coefficient (Wildman–Crippen LogP) is -0.301. The Bertz CT molecular complexity index is 346. The fraction of sp³-hybridized carbons (Fsp3) is 0.556. The van der Waals surface area contributed by atoms with Crippen molar-refractivity contribution in [2.24, 2.45) is 7.05 Å². The molecule has 2 N–H and O–H groups in total. The van der Waals surface area contributed by atoms with Crippen molar-refractivity contribution in [1.82, 2.24) is 20.4 Å². The van der Waals surface area contributed by atoms with E-state index in [0.29, 0.717) is 6.54 Å². The van der Waals surface area contributed by atoms with Crippen molar-refractivity contribution < 1.29 is 4.79 Å². The number of hydrogen-bond donors (Lipinski definition) is 2. The van der Waals surface area contributed by atoms with Crippen LogP contribution >= 0.6 is 11.8 Å². The fourth-order valence-corrected chi connectivity index (χ4v) is 2.38. The Morgan fingerprint density at radius 2 is 2.73 bits per heavy atom. The molecule has 1 aromatic heterocycles. The zero-order chi connectivity index (χ0) is 10.7. The third-order valence-corrected chi connectivity index (χ3v) is 3.34. The SMILES string of the molecule is Cn1nccc1CNC(=O)[C@H]1CSCN1. The van der Waals surface area contributed by atoms with Gasteiger partial charge in [0.05, 0.1) is 18.3 Å². The highest BCUT2D eigenvalue weighted by Crippen LogP contribution is 2.09. The Labute approximate surface area is 92.6 Å². The molecule has 1 aliphatic heterocycles. The first-order valence-corrected chi connectivity index (χ1v) is 5.98. The van der Waals surface area contributed by atoms with Crippen molar-refractivity contribution in [2.45, 2.75) is 12.6 Å². The Morgan fingerprint density at radius 3 is 3.33 bits per heavy atom. The van der Waals surface area contributed by atoms with Gasteiger partial charge in [-0.25, -0.2) is 0 Å². The minimum absolute atomic E-state index is 0.0387. The molecular weight excluding hydrogens is 212 g/mol. The van der Waals surface area contributed by atoms with Crippen LogP contribution < -0.4 is 10.6 Å². The van der Waals surface area contributed by atoms with Gasteiger partial charge in [-0.05, 0) is 6.07 Å².